The standard InChI is InChI=1S/C18H13F2N3O2/c19-12-4-6-14(7-5-12)21-16(24)18(8-9-18)17-23-22-15(25-17)11-2-1-3-13(20)10-11/h1-7,10H,8-9H2,(H,21,24). The fourth-order valence-electron chi connectivity index (χ4n) is 2.60. The number of amides is 1. The van der Waals surface area contributed by atoms with Crippen molar-refractivity contribution in [3.63, 3.8) is 0 Å². The van der Waals surface area contributed by atoms with Gasteiger partial charge in [-0.25, -0.2) is 8.78 Å². The zero-order valence-electron chi connectivity index (χ0n) is 13.0. The number of hydrogen-bond donors (Lipinski definition) is 1. The summed E-state index contributed by atoms with van der Waals surface area (Å²) in [7, 11) is 0. The molecule has 1 heterocycles. The van der Waals surface area contributed by atoms with Crippen molar-refractivity contribution in [3.8, 4) is 11.5 Å². The van der Waals surface area contributed by atoms with Crippen LogP contribution in [0, 0.1) is 11.6 Å². The van der Waals surface area contributed by atoms with E-state index >= 15 is 0 Å². The van der Waals surface area contributed by atoms with Crippen molar-refractivity contribution in [1.29, 1.82) is 0 Å². The predicted octanol–water partition coefficient (Wildman–Crippen LogP) is 3.69. The molecule has 3 aromatic rings. The van der Waals surface area contributed by atoms with Gasteiger partial charge in [0.1, 0.15) is 17.0 Å². The Morgan fingerprint density at radius 2 is 1.80 bits per heavy atom. The first-order valence-electron chi connectivity index (χ1n) is 7.74. The molecule has 1 amide bonds. The third-order valence-corrected chi connectivity index (χ3v) is 4.19. The molecule has 25 heavy (non-hydrogen) atoms. The molecule has 7 heteroatoms. The van der Waals surface area contributed by atoms with Gasteiger partial charge in [-0.1, -0.05) is 6.07 Å². The monoisotopic (exact) mass is 341 g/mol. The molecule has 2 aromatic carbocycles. The van der Waals surface area contributed by atoms with Crippen LogP contribution in [-0.4, -0.2) is 16.1 Å². The summed E-state index contributed by atoms with van der Waals surface area (Å²) in [6.45, 7) is 0. The van der Waals surface area contributed by atoms with Crippen molar-refractivity contribution >= 4 is 11.6 Å². The van der Waals surface area contributed by atoms with Crippen LogP contribution in [0.4, 0.5) is 14.5 Å². The highest BCUT2D eigenvalue weighted by Gasteiger charge is 2.56. The molecule has 1 saturated carbocycles. The maximum atomic E-state index is 13.3. The van der Waals surface area contributed by atoms with Crippen molar-refractivity contribution < 1.29 is 18.0 Å². The molecule has 1 aliphatic rings. The predicted molar refractivity (Wildman–Crippen MR) is 85.6 cm³/mol. The molecule has 0 saturated heterocycles. The molecule has 0 spiro atoms. The Morgan fingerprint density at radius 3 is 2.48 bits per heavy atom. The molecule has 0 unspecified atom stereocenters. The van der Waals surface area contributed by atoms with Crippen molar-refractivity contribution in [3.05, 3.63) is 66.1 Å². The highest BCUT2D eigenvalue weighted by Crippen LogP contribution is 2.48. The fraction of sp³-hybridized carbons (Fsp3) is 0.167. The van der Waals surface area contributed by atoms with Crippen molar-refractivity contribution in [1.82, 2.24) is 10.2 Å². The average molecular weight is 341 g/mol. The number of anilines is 1. The quantitative estimate of drug-likeness (QED) is 0.786. The molecule has 126 valence electrons. The van der Waals surface area contributed by atoms with Crippen LogP contribution in [0.15, 0.2) is 52.9 Å². The zero-order valence-corrected chi connectivity index (χ0v) is 13.0. The number of aromatic nitrogens is 2. The molecule has 0 radical (unpaired) electrons. The highest BCUT2D eigenvalue weighted by molar-refractivity contribution is 6.00. The van der Waals surface area contributed by atoms with Crippen LogP contribution < -0.4 is 5.32 Å². The lowest BCUT2D eigenvalue weighted by molar-refractivity contribution is -0.119. The summed E-state index contributed by atoms with van der Waals surface area (Å²) < 4.78 is 31.9. The van der Waals surface area contributed by atoms with E-state index < -0.39 is 11.2 Å². The smallest absolute Gasteiger partial charge is 0.247 e. The SMILES string of the molecule is O=C(Nc1ccc(F)cc1)C1(c2nnc(-c3cccc(F)c3)o2)CC1. The van der Waals surface area contributed by atoms with E-state index in [1.807, 2.05) is 0 Å². The van der Waals surface area contributed by atoms with Gasteiger partial charge in [0.05, 0.1) is 0 Å². The van der Waals surface area contributed by atoms with Gasteiger partial charge in [0.25, 0.3) is 0 Å². The molecule has 5 nitrogen and oxygen atoms in total. The van der Waals surface area contributed by atoms with E-state index in [9.17, 15) is 13.6 Å². The molecular formula is C18H13F2N3O2. The van der Waals surface area contributed by atoms with E-state index in [1.165, 1.54) is 36.4 Å². The summed E-state index contributed by atoms with van der Waals surface area (Å²) in [6, 6.07) is 11.3. The second kappa shape index (κ2) is 5.77. The third-order valence-electron chi connectivity index (χ3n) is 4.19. The van der Waals surface area contributed by atoms with Crippen LogP contribution in [-0.2, 0) is 10.2 Å². The molecule has 1 fully saturated rings. The van der Waals surface area contributed by atoms with E-state index in [1.54, 1.807) is 12.1 Å². The Labute approximate surface area is 141 Å². The number of hydrogen-bond acceptors (Lipinski definition) is 4. The molecular weight excluding hydrogens is 328 g/mol. The van der Waals surface area contributed by atoms with E-state index in [0.717, 1.165) is 0 Å². The molecule has 1 N–H and O–H groups in total. The minimum Gasteiger partial charge on any atom is -0.420 e. The number of benzene rings is 2. The normalized spacial score (nSPS) is 15.0. The van der Waals surface area contributed by atoms with E-state index in [-0.39, 0.29) is 23.5 Å². The summed E-state index contributed by atoms with van der Waals surface area (Å²) in [4.78, 5) is 12.6. The maximum Gasteiger partial charge on any atom is 0.247 e. The Balaban J connectivity index is 1.57. The van der Waals surface area contributed by atoms with E-state index in [0.29, 0.717) is 24.1 Å². The third kappa shape index (κ3) is 2.88. The Hall–Kier alpha value is -3.09. The number of carbonyl (C=O) groups excluding carboxylic acids is 1. The summed E-state index contributed by atoms with van der Waals surface area (Å²) in [6.07, 6.45) is 1.15. The summed E-state index contributed by atoms with van der Waals surface area (Å²) in [5.74, 6) is -0.710. The van der Waals surface area contributed by atoms with Gasteiger partial charge >= 0.3 is 0 Å². The molecule has 1 aromatic heterocycles. The largest absolute Gasteiger partial charge is 0.420 e. The van der Waals surface area contributed by atoms with Crippen LogP contribution in [0.5, 0.6) is 0 Å². The van der Waals surface area contributed by atoms with Crippen LogP contribution in [0.1, 0.15) is 18.7 Å². The Morgan fingerprint density at radius 1 is 1.04 bits per heavy atom. The first-order valence-corrected chi connectivity index (χ1v) is 7.74. The molecule has 0 bridgehead atoms. The fourth-order valence-corrected chi connectivity index (χ4v) is 2.60. The van der Waals surface area contributed by atoms with Gasteiger partial charge in [0.15, 0.2) is 0 Å². The van der Waals surface area contributed by atoms with Gasteiger partial charge in [0, 0.05) is 11.3 Å². The maximum absolute atomic E-state index is 13.3. The molecule has 1 aliphatic carbocycles. The van der Waals surface area contributed by atoms with Gasteiger partial charge in [-0.2, -0.15) is 0 Å². The van der Waals surface area contributed by atoms with Crippen molar-refractivity contribution in [2.75, 3.05) is 5.32 Å². The zero-order chi connectivity index (χ0) is 17.4. The van der Waals surface area contributed by atoms with E-state index in [2.05, 4.69) is 15.5 Å². The second-order valence-electron chi connectivity index (χ2n) is 5.97. The first kappa shape index (κ1) is 15.4. The minimum absolute atomic E-state index is 0.162. The number of halogens is 2. The lowest BCUT2D eigenvalue weighted by Gasteiger charge is -2.11. The van der Waals surface area contributed by atoms with Crippen LogP contribution in [0.25, 0.3) is 11.5 Å². The Bertz CT molecular complexity index is 934. The first-order chi connectivity index (χ1) is 12.1. The second-order valence-corrected chi connectivity index (χ2v) is 5.97. The van der Waals surface area contributed by atoms with Gasteiger partial charge in [-0.05, 0) is 55.3 Å². The van der Waals surface area contributed by atoms with Crippen LogP contribution in [0.3, 0.4) is 0 Å². The van der Waals surface area contributed by atoms with E-state index in [4.69, 9.17) is 4.42 Å². The summed E-state index contributed by atoms with van der Waals surface area (Å²) in [5.41, 5.74) is 0.0588. The summed E-state index contributed by atoms with van der Waals surface area (Å²) >= 11 is 0. The average Bonchev–Trinajstić information content (AvgIpc) is 3.27. The van der Waals surface area contributed by atoms with Gasteiger partial charge in [-0.15, -0.1) is 10.2 Å². The minimum atomic E-state index is -0.882. The van der Waals surface area contributed by atoms with Crippen molar-refractivity contribution in [2.24, 2.45) is 0 Å². The topological polar surface area (TPSA) is 68.0 Å². The van der Waals surface area contributed by atoms with Gasteiger partial charge in [-0.3, -0.25) is 4.79 Å². The highest BCUT2D eigenvalue weighted by atomic mass is 19.1. The number of rotatable bonds is 4. The van der Waals surface area contributed by atoms with Crippen LogP contribution >= 0.6 is 0 Å². The molecule has 4 rings (SSSR count). The molecule has 0 aliphatic heterocycles. The Kier molecular flexibility index (Phi) is 3.56. The van der Waals surface area contributed by atoms with Crippen LogP contribution in [0.2, 0.25) is 0 Å². The number of carbonyl (C=O) groups is 1. The van der Waals surface area contributed by atoms with Crippen molar-refractivity contribution in [2.45, 2.75) is 18.3 Å². The van der Waals surface area contributed by atoms with Gasteiger partial charge < -0.3 is 9.73 Å². The lowest BCUT2D eigenvalue weighted by Crippen LogP contribution is -2.28. The summed E-state index contributed by atoms with van der Waals surface area (Å²) in [5, 5.41) is 10.6. The van der Waals surface area contributed by atoms with Gasteiger partial charge in [0.2, 0.25) is 17.7 Å². The molecule has 0 atom stereocenters. The lowest BCUT2D eigenvalue weighted by atomic mass is 10.1. The number of nitrogens with one attached hydrogen (secondary N) is 1. The number of nitrogens with zero attached hydrogens (tertiary/aromatic N) is 2.